The van der Waals surface area contributed by atoms with Crippen molar-refractivity contribution in [1.29, 1.82) is 0 Å². The summed E-state index contributed by atoms with van der Waals surface area (Å²) >= 11 is 0. The molecule has 2 aromatic carbocycles. The lowest BCUT2D eigenvalue weighted by atomic mass is 10.0. The molecule has 0 heterocycles. The second-order valence-electron chi connectivity index (χ2n) is 6.76. The maximum atomic E-state index is 13.0. The van der Waals surface area contributed by atoms with E-state index in [0.29, 0.717) is 17.2 Å². The third-order valence-electron chi connectivity index (χ3n) is 3.99. The first-order chi connectivity index (χ1) is 12.0. The van der Waals surface area contributed by atoms with Gasteiger partial charge in [-0.15, -0.1) is 0 Å². The zero-order valence-corrected chi connectivity index (χ0v) is 15.1. The summed E-state index contributed by atoms with van der Waals surface area (Å²) in [6.45, 7) is 6.65. The molecular formula is C21H26FNO2. The molecule has 0 aromatic heterocycles. The van der Waals surface area contributed by atoms with Gasteiger partial charge in [0.15, 0.2) is 0 Å². The van der Waals surface area contributed by atoms with Gasteiger partial charge in [-0.3, -0.25) is 4.79 Å². The fraction of sp³-hybridized carbons (Fsp3) is 0.381. The molecule has 0 bridgehead atoms. The highest BCUT2D eigenvalue weighted by molar-refractivity contribution is 5.97. The van der Waals surface area contributed by atoms with E-state index in [1.165, 1.54) is 12.1 Å². The molecule has 1 N–H and O–H groups in total. The molecule has 25 heavy (non-hydrogen) atoms. The van der Waals surface area contributed by atoms with Gasteiger partial charge in [-0.2, -0.15) is 0 Å². The summed E-state index contributed by atoms with van der Waals surface area (Å²) in [5.74, 6) is 0.732. The van der Waals surface area contributed by atoms with Gasteiger partial charge in [-0.25, -0.2) is 4.39 Å². The van der Waals surface area contributed by atoms with Crippen LogP contribution in [0.2, 0.25) is 0 Å². The molecule has 134 valence electrons. The highest BCUT2D eigenvalue weighted by Gasteiger charge is 2.15. The molecular weight excluding hydrogens is 317 g/mol. The highest BCUT2D eigenvalue weighted by Crippen LogP contribution is 2.20. The Morgan fingerprint density at radius 3 is 2.40 bits per heavy atom. The maximum absolute atomic E-state index is 13.0. The van der Waals surface area contributed by atoms with Gasteiger partial charge in [0, 0.05) is 6.04 Å². The van der Waals surface area contributed by atoms with Crippen molar-refractivity contribution < 1.29 is 13.9 Å². The molecule has 0 saturated carbocycles. The van der Waals surface area contributed by atoms with Crippen LogP contribution in [0.25, 0.3) is 0 Å². The van der Waals surface area contributed by atoms with Crippen LogP contribution >= 0.6 is 0 Å². The van der Waals surface area contributed by atoms with Gasteiger partial charge in [-0.05, 0) is 55.5 Å². The Bertz CT molecular complexity index is 683. The van der Waals surface area contributed by atoms with E-state index in [2.05, 4.69) is 19.2 Å². The van der Waals surface area contributed by atoms with Crippen molar-refractivity contribution in [3.63, 3.8) is 0 Å². The lowest BCUT2D eigenvalue weighted by molar-refractivity contribution is 0.0932. The number of nitrogens with one attached hydrogen (secondary N) is 1. The van der Waals surface area contributed by atoms with Crippen LogP contribution in [0.15, 0.2) is 48.5 Å². The van der Waals surface area contributed by atoms with Crippen molar-refractivity contribution in [2.75, 3.05) is 0 Å². The predicted octanol–water partition coefficient (Wildman–Crippen LogP) is 4.96. The second kappa shape index (κ2) is 9.21. The Labute approximate surface area is 149 Å². The number of hydrogen-bond acceptors (Lipinski definition) is 2. The maximum Gasteiger partial charge on any atom is 0.255 e. The van der Waals surface area contributed by atoms with Crippen molar-refractivity contribution >= 4 is 5.91 Å². The predicted molar refractivity (Wildman–Crippen MR) is 98.2 cm³/mol. The molecule has 0 saturated heterocycles. The highest BCUT2D eigenvalue weighted by atomic mass is 19.1. The van der Waals surface area contributed by atoms with Crippen LogP contribution in [0, 0.1) is 11.7 Å². The standard InChI is InChI=1S/C21H26FNO2/c1-15(2)8-9-16(3)23-21(24)19-6-4-5-7-20(19)25-14-17-10-12-18(22)13-11-17/h4-7,10-13,15-16H,8-9,14H2,1-3H3,(H,23,24)/t16-/m1/s1. The summed E-state index contributed by atoms with van der Waals surface area (Å²) in [6.07, 6.45) is 2.02. The number of rotatable bonds is 8. The van der Waals surface area contributed by atoms with Gasteiger partial charge in [-0.1, -0.05) is 38.1 Å². The van der Waals surface area contributed by atoms with Gasteiger partial charge >= 0.3 is 0 Å². The van der Waals surface area contributed by atoms with Gasteiger partial charge in [0.05, 0.1) is 5.56 Å². The van der Waals surface area contributed by atoms with E-state index in [4.69, 9.17) is 4.74 Å². The minimum absolute atomic E-state index is 0.111. The molecule has 2 aromatic rings. The molecule has 1 amide bonds. The fourth-order valence-corrected chi connectivity index (χ4v) is 2.48. The number of amides is 1. The van der Waals surface area contributed by atoms with Crippen LogP contribution < -0.4 is 10.1 Å². The summed E-state index contributed by atoms with van der Waals surface area (Å²) in [5.41, 5.74) is 1.36. The summed E-state index contributed by atoms with van der Waals surface area (Å²) in [5, 5.41) is 3.03. The van der Waals surface area contributed by atoms with Gasteiger partial charge in [0.25, 0.3) is 5.91 Å². The Hall–Kier alpha value is -2.36. The average molecular weight is 343 g/mol. The van der Waals surface area contributed by atoms with Crippen molar-refractivity contribution in [3.8, 4) is 5.75 Å². The van der Waals surface area contributed by atoms with E-state index >= 15 is 0 Å². The first-order valence-corrected chi connectivity index (χ1v) is 8.73. The van der Waals surface area contributed by atoms with E-state index in [1.54, 1.807) is 24.3 Å². The Balaban J connectivity index is 1.99. The van der Waals surface area contributed by atoms with Crippen LogP contribution in [-0.4, -0.2) is 11.9 Å². The third-order valence-corrected chi connectivity index (χ3v) is 3.99. The molecule has 4 heteroatoms. The van der Waals surface area contributed by atoms with E-state index in [0.717, 1.165) is 18.4 Å². The van der Waals surface area contributed by atoms with Crippen molar-refractivity contribution in [1.82, 2.24) is 5.32 Å². The van der Waals surface area contributed by atoms with Gasteiger partial charge in [0.1, 0.15) is 18.2 Å². The number of benzene rings is 2. The normalized spacial score (nSPS) is 12.0. The lowest BCUT2D eigenvalue weighted by Crippen LogP contribution is -2.33. The molecule has 0 aliphatic carbocycles. The monoisotopic (exact) mass is 343 g/mol. The van der Waals surface area contributed by atoms with E-state index < -0.39 is 0 Å². The average Bonchev–Trinajstić information content (AvgIpc) is 2.59. The van der Waals surface area contributed by atoms with Crippen LogP contribution in [0.1, 0.15) is 49.5 Å². The van der Waals surface area contributed by atoms with Crippen molar-refractivity contribution in [2.24, 2.45) is 5.92 Å². The Kier molecular flexibility index (Phi) is 6.99. The van der Waals surface area contributed by atoms with Crippen LogP contribution in [0.4, 0.5) is 4.39 Å². The number of carbonyl (C=O) groups is 1. The zero-order chi connectivity index (χ0) is 18.2. The first-order valence-electron chi connectivity index (χ1n) is 8.73. The molecule has 3 nitrogen and oxygen atoms in total. The molecule has 1 atom stereocenters. The number of carbonyl (C=O) groups excluding carboxylic acids is 1. The molecule has 0 unspecified atom stereocenters. The van der Waals surface area contributed by atoms with E-state index in [1.807, 2.05) is 19.1 Å². The van der Waals surface area contributed by atoms with Crippen molar-refractivity contribution in [2.45, 2.75) is 46.3 Å². The summed E-state index contributed by atoms with van der Waals surface area (Å²) < 4.78 is 18.7. The smallest absolute Gasteiger partial charge is 0.255 e. The summed E-state index contributed by atoms with van der Waals surface area (Å²) in [4.78, 5) is 12.5. The second-order valence-corrected chi connectivity index (χ2v) is 6.76. The molecule has 0 fully saturated rings. The van der Waals surface area contributed by atoms with Crippen LogP contribution in [0.5, 0.6) is 5.75 Å². The molecule has 0 spiro atoms. The van der Waals surface area contributed by atoms with Crippen LogP contribution in [0.3, 0.4) is 0 Å². The first kappa shape index (κ1) is 19.0. The number of halogens is 1. The third kappa shape index (κ3) is 6.22. The fourth-order valence-electron chi connectivity index (χ4n) is 2.48. The number of hydrogen-bond donors (Lipinski definition) is 1. The summed E-state index contributed by atoms with van der Waals surface area (Å²) in [7, 11) is 0. The molecule has 0 aliphatic heterocycles. The van der Waals surface area contributed by atoms with Crippen LogP contribution in [-0.2, 0) is 6.61 Å². The molecule has 0 aliphatic rings. The SMILES string of the molecule is CC(C)CC[C@@H](C)NC(=O)c1ccccc1OCc1ccc(F)cc1. The van der Waals surface area contributed by atoms with Gasteiger partial charge in [0.2, 0.25) is 0 Å². The minimum Gasteiger partial charge on any atom is -0.488 e. The van der Waals surface area contributed by atoms with Gasteiger partial charge < -0.3 is 10.1 Å². The quantitative estimate of drug-likeness (QED) is 0.736. The Morgan fingerprint density at radius 2 is 1.72 bits per heavy atom. The Morgan fingerprint density at radius 1 is 1.04 bits per heavy atom. The van der Waals surface area contributed by atoms with E-state index in [9.17, 15) is 9.18 Å². The number of para-hydroxylation sites is 1. The number of ether oxygens (including phenoxy) is 1. The lowest BCUT2D eigenvalue weighted by Gasteiger charge is -2.17. The zero-order valence-electron chi connectivity index (χ0n) is 15.1. The molecule has 0 radical (unpaired) electrons. The largest absolute Gasteiger partial charge is 0.488 e. The molecule has 2 rings (SSSR count). The minimum atomic E-state index is -0.279. The van der Waals surface area contributed by atoms with Crippen molar-refractivity contribution in [3.05, 3.63) is 65.5 Å². The summed E-state index contributed by atoms with van der Waals surface area (Å²) in [6, 6.07) is 13.4. The van der Waals surface area contributed by atoms with E-state index in [-0.39, 0.29) is 24.4 Å². The topological polar surface area (TPSA) is 38.3 Å².